The zero-order valence-corrected chi connectivity index (χ0v) is 14.9. The fourth-order valence-electron chi connectivity index (χ4n) is 2.74. The first kappa shape index (κ1) is 18.0. The van der Waals surface area contributed by atoms with Crippen molar-refractivity contribution in [3.05, 3.63) is 54.1 Å². The van der Waals surface area contributed by atoms with E-state index >= 15 is 0 Å². The van der Waals surface area contributed by atoms with Gasteiger partial charge in [-0.2, -0.15) is 0 Å². The maximum atomic E-state index is 12.1. The lowest BCUT2D eigenvalue weighted by Crippen LogP contribution is -2.53. The molecule has 0 bridgehead atoms. The number of nitrogens with one attached hydrogen (secondary N) is 2. The highest BCUT2D eigenvalue weighted by atomic mass is 16.2. The van der Waals surface area contributed by atoms with Gasteiger partial charge in [-0.15, -0.1) is 0 Å². The second-order valence-electron chi connectivity index (χ2n) is 6.80. The average molecular weight is 329 g/mol. The van der Waals surface area contributed by atoms with E-state index < -0.39 is 0 Å². The number of carbonyl (C=O) groups excluding carboxylic acids is 1. The number of aryl methyl sites for hydroxylation is 1. The molecule has 1 aromatic carbocycles. The van der Waals surface area contributed by atoms with E-state index in [1.165, 1.54) is 5.56 Å². The highest BCUT2D eigenvalue weighted by Crippen LogP contribution is 2.08. The van der Waals surface area contributed by atoms with Crippen LogP contribution in [0.5, 0.6) is 0 Å². The van der Waals surface area contributed by atoms with Crippen LogP contribution in [0.25, 0.3) is 0 Å². The van der Waals surface area contributed by atoms with Crippen LogP contribution in [0.15, 0.2) is 42.7 Å². The number of amides is 2. The van der Waals surface area contributed by atoms with E-state index in [4.69, 9.17) is 0 Å². The van der Waals surface area contributed by atoms with E-state index in [0.29, 0.717) is 6.54 Å². The third-order valence-electron chi connectivity index (χ3n) is 3.74. The number of carbonyl (C=O) groups is 1. The summed E-state index contributed by atoms with van der Waals surface area (Å²) in [6.45, 7) is 6.05. The molecule has 0 aliphatic carbocycles. The topological polar surface area (TPSA) is 62.2 Å². The number of urea groups is 1. The van der Waals surface area contributed by atoms with Gasteiger partial charge in [0.05, 0.1) is 6.54 Å². The normalized spacial score (nSPS) is 11.5. The first-order valence-electron chi connectivity index (χ1n) is 8.10. The number of rotatable bonds is 7. The van der Waals surface area contributed by atoms with Gasteiger partial charge in [0.1, 0.15) is 5.82 Å². The number of likely N-dealkylation sites (N-methyl/N-ethyl adjacent to an activating group) is 1. The van der Waals surface area contributed by atoms with Gasteiger partial charge in [-0.25, -0.2) is 9.78 Å². The van der Waals surface area contributed by atoms with Crippen LogP contribution in [0.3, 0.4) is 0 Å². The van der Waals surface area contributed by atoms with Gasteiger partial charge in [0.15, 0.2) is 0 Å². The molecule has 0 unspecified atom stereocenters. The molecule has 1 heterocycles. The van der Waals surface area contributed by atoms with Crippen LogP contribution in [0.1, 0.15) is 25.2 Å². The van der Waals surface area contributed by atoms with Gasteiger partial charge in [-0.1, -0.05) is 30.3 Å². The van der Waals surface area contributed by atoms with Crippen LogP contribution in [0.4, 0.5) is 4.79 Å². The zero-order chi connectivity index (χ0) is 17.6. The molecule has 0 radical (unpaired) electrons. The standard InChI is InChI=1S/C18H27N5O/c1-18(2,14-22(3)13-15-8-6-5-7-9-15)21-17(24)20-12-16-19-10-11-23(16)4/h5-11H,12-14H2,1-4H3,(H2,20,21,24). The molecule has 0 saturated carbocycles. The molecule has 2 aromatic rings. The number of aromatic nitrogens is 2. The van der Waals surface area contributed by atoms with E-state index in [1.807, 2.05) is 49.9 Å². The minimum absolute atomic E-state index is 0.184. The molecule has 2 rings (SSSR count). The average Bonchev–Trinajstić information content (AvgIpc) is 2.90. The van der Waals surface area contributed by atoms with Crippen molar-refractivity contribution >= 4 is 6.03 Å². The summed E-state index contributed by atoms with van der Waals surface area (Å²) >= 11 is 0. The van der Waals surface area contributed by atoms with E-state index in [-0.39, 0.29) is 11.6 Å². The number of hydrogen-bond acceptors (Lipinski definition) is 3. The van der Waals surface area contributed by atoms with Crippen LogP contribution >= 0.6 is 0 Å². The molecule has 0 fully saturated rings. The summed E-state index contributed by atoms with van der Waals surface area (Å²) in [7, 11) is 3.96. The maximum Gasteiger partial charge on any atom is 0.315 e. The second-order valence-corrected chi connectivity index (χ2v) is 6.80. The SMILES string of the molecule is CN(Cc1ccccc1)CC(C)(C)NC(=O)NCc1nccn1C. The van der Waals surface area contributed by atoms with Crippen LogP contribution in [0, 0.1) is 0 Å². The van der Waals surface area contributed by atoms with Crippen molar-refractivity contribution in [2.45, 2.75) is 32.5 Å². The monoisotopic (exact) mass is 329 g/mol. The Balaban J connectivity index is 1.79. The quantitative estimate of drug-likeness (QED) is 0.818. The van der Waals surface area contributed by atoms with Gasteiger partial charge in [-0.05, 0) is 26.5 Å². The van der Waals surface area contributed by atoms with Crippen molar-refractivity contribution < 1.29 is 4.79 Å². The van der Waals surface area contributed by atoms with Gasteiger partial charge >= 0.3 is 6.03 Å². The number of imidazole rings is 1. The molecule has 0 aliphatic rings. The largest absolute Gasteiger partial charge is 0.337 e. The van der Waals surface area contributed by atoms with E-state index in [2.05, 4.69) is 39.7 Å². The van der Waals surface area contributed by atoms with Crippen molar-refractivity contribution in [1.29, 1.82) is 0 Å². The zero-order valence-electron chi connectivity index (χ0n) is 14.9. The van der Waals surface area contributed by atoms with Gasteiger partial charge in [0, 0.05) is 38.1 Å². The van der Waals surface area contributed by atoms with Crippen LogP contribution in [-0.2, 0) is 20.1 Å². The van der Waals surface area contributed by atoms with Crippen molar-refractivity contribution in [1.82, 2.24) is 25.1 Å². The lowest BCUT2D eigenvalue weighted by atomic mass is 10.0. The number of hydrogen-bond donors (Lipinski definition) is 2. The summed E-state index contributed by atoms with van der Waals surface area (Å²) in [5.74, 6) is 0.823. The fraction of sp³-hybridized carbons (Fsp3) is 0.444. The molecule has 6 nitrogen and oxygen atoms in total. The molecule has 6 heteroatoms. The van der Waals surface area contributed by atoms with Crippen molar-refractivity contribution in [3.63, 3.8) is 0 Å². The van der Waals surface area contributed by atoms with Crippen LogP contribution in [-0.4, -0.2) is 39.6 Å². The first-order valence-corrected chi connectivity index (χ1v) is 8.10. The molecule has 24 heavy (non-hydrogen) atoms. The summed E-state index contributed by atoms with van der Waals surface area (Å²) in [5, 5.41) is 5.88. The van der Waals surface area contributed by atoms with Crippen LogP contribution < -0.4 is 10.6 Å². The van der Waals surface area contributed by atoms with Gasteiger partial charge in [0.2, 0.25) is 0 Å². The summed E-state index contributed by atoms with van der Waals surface area (Å²) in [6.07, 6.45) is 3.58. The molecule has 0 aliphatic heterocycles. The Hall–Kier alpha value is -2.34. The number of benzene rings is 1. The Morgan fingerprint density at radius 3 is 2.62 bits per heavy atom. The third kappa shape index (κ3) is 5.70. The molecule has 0 saturated heterocycles. The molecular weight excluding hydrogens is 302 g/mol. The van der Waals surface area contributed by atoms with Crippen LogP contribution in [0.2, 0.25) is 0 Å². The molecular formula is C18H27N5O. The Morgan fingerprint density at radius 1 is 1.29 bits per heavy atom. The third-order valence-corrected chi connectivity index (χ3v) is 3.74. The van der Waals surface area contributed by atoms with Crippen molar-refractivity contribution in [3.8, 4) is 0 Å². The van der Waals surface area contributed by atoms with Gasteiger partial charge in [0.25, 0.3) is 0 Å². The second kappa shape index (κ2) is 7.97. The summed E-state index contributed by atoms with van der Waals surface area (Å²) in [5.41, 5.74) is 0.921. The van der Waals surface area contributed by atoms with E-state index in [0.717, 1.165) is 18.9 Å². The predicted molar refractivity (Wildman–Crippen MR) is 95.4 cm³/mol. The van der Waals surface area contributed by atoms with Gasteiger partial charge < -0.3 is 15.2 Å². The molecule has 0 atom stereocenters. The molecule has 1 aromatic heterocycles. The minimum atomic E-state index is -0.338. The Labute approximate surface area is 143 Å². The summed E-state index contributed by atoms with van der Waals surface area (Å²) in [6, 6.07) is 10.1. The van der Waals surface area contributed by atoms with Crippen molar-refractivity contribution in [2.24, 2.45) is 7.05 Å². The molecule has 2 N–H and O–H groups in total. The van der Waals surface area contributed by atoms with E-state index in [1.54, 1.807) is 6.20 Å². The molecule has 0 spiro atoms. The molecule has 2 amide bonds. The first-order chi connectivity index (χ1) is 11.4. The van der Waals surface area contributed by atoms with Gasteiger partial charge in [-0.3, -0.25) is 4.90 Å². The molecule has 130 valence electrons. The summed E-state index contributed by atoms with van der Waals surface area (Å²) in [4.78, 5) is 18.5. The minimum Gasteiger partial charge on any atom is -0.337 e. The Morgan fingerprint density at radius 2 is 2.00 bits per heavy atom. The Bertz CT molecular complexity index is 650. The predicted octanol–water partition coefficient (Wildman–Crippen LogP) is 2.13. The fourth-order valence-corrected chi connectivity index (χ4v) is 2.74. The lowest BCUT2D eigenvalue weighted by Gasteiger charge is -2.31. The van der Waals surface area contributed by atoms with E-state index in [9.17, 15) is 4.79 Å². The summed E-state index contributed by atoms with van der Waals surface area (Å²) < 4.78 is 1.89. The Kier molecular flexibility index (Phi) is 5.98. The maximum absolute atomic E-state index is 12.1. The highest BCUT2D eigenvalue weighted by Gasteiger charge is 2.22. The highest BCUT2D eigenvalue weighted by molar-refractivity contribution is 5.74. The smallest absolute Gasteiger partial charge is 0.315 e. The number of nitrogens with zero attached hydrogens (tertiary/aromatic N) is 3. The lowest BCUT2D eigenvalue weighted by molar-refractivity contribution is 0.206. The van der Waals surface area contributed by atoms with Crippen molar-refractivity contribution in [2.75, 3.05) is 13.6 Å².